The quantitative estimate of drug-likeness (QED) is 0.595. The Morgan fingerprint density at radius 1 is 1.11 bits per heavy atom. The minimum atomic E-state index is -0.170. The van der Waals surface area contributed by atoms with E-state index in [9.17, 15) is 4.79 Å². The van der Waals surface area contributed by atoms with Crippen LogP contribution in [0.3, 0.4) is 0 Å². The normalized spacial score (nSPS) is 20.3. The topological polar surface area (TPSA) is 85.8 Å². The van der Waals surface area contributed by atoms with Crippen molar-refractivity contribution >= 4 is 11.9 Å². The summed E-state index contributed by atoms with van der Waals surface area (Å²) in [6.45, 7) is 3.87. The van der Waals surface area contributed by atoms with Crippen LogP contribution in [0.2, 0.25) is 0 Å². The number of carbonyl (C=O) groups is 1. The Morgan fingerprint density at radius 3 is 2.78 bits per heavy atom. The van der Waals surface area contributed by atoms with Crippen LogP contribution in [0, 0.1) is 0 Å². The van der Waals surface area contributed by atoms with Crippen LogP contribution in [-0.4, -0.2) is 48.2 Å². The molecule has 1 saturated heterocycles. The first kappa shape index (κ1) is 24.1. The van der Waals surface area contributed by atoms with Gasteiger partial charge in [0.05, 0.1) is 25.9 Å². The van der Waals surface area contributed by atoms with Crippen LogP contribution >= 0.6 is 0 Å². The highest BCUT2D eigenvalue weighted by molar-refractivity contribution is 5.76. The van der Waals surface area contributed by atoms with E-state index in [0.29, 0.717) is 43.4 Å². The first-order valence-electron chi connectivity index (χ1n) is 12.5. The minimum absolute atomic E-state index is 0.00794. The number of rotatable bonds is 3. The summed E-state index contributed by atoms with van der Waals surface area (Å²) < 4.78 is 18.0. The van der Waals surface area contributed by atoms with Crippen molar-refractivity contribution in [3.8, 4) is 17.2 Å². The molecule has 4 bridgehead atoms. The summed E-state index contributed by atoms with van der Waals surface area (Å²) in [7, 11) is 1.62. The highest BCUT2D eigenvalue weighted by Crippen LogP contribution is 2.33. The maximum Gasteiger partial charge on any atom is 0.225 e. The Hall–Kier alpha value is -3.65. The molecule has 0 aliphatic carbocycles. The van der Waals surface area contributed by atoms with Gasteiger partial charge in [0, 0.05) is 31.9 Å². The van der Waals surface area contributed by atoms with Crippen molar-refractivity contribution in [2.24, 2.45) is 0 Å². The number of fused-ring (bicyclic) bond motifs is 5. The lowest BCUT2D eigenvalue weighted by molar-refractivity contribution is -0.123. The number of hydrogen-bond donors (Lipinski definition) is 1. The van der Waals surface area contributed by atoms with Crippen molar-refractivity contribution < 1.29 is 19.0 Å². The molecule has 2 aliphatic heterocycles. The van der Waals surface area contributed by atoms with Gasteiger partial charge in [0.25, 0.3) is 0 Å². The number of anilines is 1. The molecule has 2 atom stereocenters. The van der Waals surface area contributed by atoms with E-state index < -0.39 is 0 Å². The van der Waals surface area contributed by atoms with Crippen molar-refractivity contribution in [1.82, 2.24) is 15.3 Å². The van der Waals surface area contributed by atoms with Crippen molar-refractivity contribution in [2.75, 3.05) is 25.1 Å². The molecular formula is C28H32N4O4. The van der Waals surface area contributed by atoms with Gasteiger partial charge >= 0.3 is 0 Å². The number of methoxy groups -OCH3 is 1. The molecule has 1 N–H and O–H groups in total. The lowest BCUT2D eigenvalue weighted by Gasteiger charge is -2.38. The van der Waals surface area contributed by atoms with E-state index in [4.69, 9.17) is 14.2 Å². The maximum atomic E-state index is 13.0. The average molecular weight is 489 g/mol. The number of nitrogens with one attached hydrogen (secondary N) is 1. The molecule has 0 unspecified atom stereocenters. The molecule has 8 heteroatoms. The molecule has 188 valence electrons. The van der Waals surface area contributed by atoms with Crippen LogP contribution in [0.5, 0.6) is 17.2 Å². The van der Waals surface area contributed by atoms with E-state index in [-0.39, 0.29) is 18.1 Å². The van der Waals surface area contributed by atoms with Gasteiger partial charge in [-0.25, -0.2) is 9.97 Å². The number of nitrogens with zero attached hydrogens (tertiary/aromatic N) is 3. The number of aromatic nitrogens is 2. The summed E-state index contributed by atoms with van der Waals surface area (Å²) in [6.07, 6.45) is 6.25. The second kappa shape index (κ2) is 11.0. The Labute approximate surface area is 211 Å². The average Bonchev–Trinajstić information content (AvgIpc) is 2.91. The predicted octanol–water partition coefficient (Wildman–Crippen LogP) is 4.07. The zero-order chi connectivity index (χ0) is 24.9. The second-order valence-corrected chi connectivity index (χ2v) is 9.24. The highest BCUT2D eigenvalue weighted by Gasteiger charge is 2.32. The molecule has 5 rings (SSSR count). The van der Waals surface area contributed by atoms with Gasteiger partial charge in [0.2, 0.25) is 11.9 Å². The van der Waals surface area contributed by atoms with Gasteiger partial charge in [-0.2, -0.15) is 0 Å². The van der Waals surface area contributed by atoms with Gasteiger partial charge in [-0.15, -0.1) is 0 Å². The lowest BCUT2D eigenvalue weighted by Crippen LogP contribution is -2.56. The number of aryl methyl sites for hydroxylation is 2. The molecular weight excluding hydrogens is 456 g/mol. The van der Waals surface area contributed by atoms with Gasteiger partial charge in [0.15, 0.2) is 11.5 Å². The largest absolute Gasteiger partial charge is 0.493 e. The minimum Gasteiger partial charge on any atom is -0.493 e. The van der Waals surface area contributed by atoms with Crippen molar-refractivity contribution in [3.05, 3.63) is 71.5 Å². The van der Waals surface area contributed by atoms with E-state index in [2.05, 4.69) is 27.1 Å². The third-order valence-corrected chi connectivity index (χ3v) is 6.74. The van der Waals surface area contributed by atoms with E-state index >= 15 is 0 Å². The van der Waals surface area contributed by atoms with Crippen LogP contribution in [0.1, 0.15) is 36.5 Å². The van der Waals surface area contributed by atoms with E-state index in [1.165, 1.54) is 0 Å². The zero-order valence-electron chi connectivity index (χ0n) is 20.8. The fourth-order valence-corrected chi connectivity index (χ4v) is 4.67. The molecule has 2 aliphatic rings. The van der Waals surface area contributed by atoms with Crippen LogP contribution < -0.4 is 19.7 Å². The SMILES string of the molecule is CCc1cnc(N2CC[C@H]3OCc4cccc(c4)Oc4cc(ccc4OC)CCC(=O)N[C@H]3C2)nc1. The van der Waals surface area contributed by atoms with Crippen molar-refractivity contribution in [1.29, 1.82) is 0 Å². The summed E-state index contributed by atoms with van der Waals surface area (Å²) in [6, 6.07) is 13.5. The maximum absolute atomic E-state index is 13.0. The molecule has 2 aromatic carbocycles. The number of piperidine rings is 1. The first-order valence-corrected chi connectivity index (χ1v) is 12.5. The number of carbonyl (C=O) groups excluding carboxylic acids is 1. The lowest BCUT2D eigenvalue weighted by atomic mass is 10.0. The van der Waals surface area contributed by atoms with E-state index in [1.807, 2.05) is 54.9 Å². The first-order chi connectivity index (χ1) is 17.6. The molecule has 1 fully saturated rings. The van der Waals surface area contributed by atoms with Crippen LogP contribution in [-0.2, 0) is 29.0 Å². The monoisotopic (exact) mass is 488 g/mol. The fraction of sp³-hybridized carbons (Fsp3) is 0.393. The fourth-order valence-electron chi connectivity index (χ4n) is 4.67. The molecule has 1 amide bonds. The smallest absolute Gasteiger partial charge is 0.225 e. The summed E-state index contributed by atoms with van der Waals surface area (Å²) in [4.78, 5) is 24.2. The molecule has 3 aromatic rings. The van der Waals surface area contributed by atoms with E-state index in [1.54, 1.807) is 7.11 Å². The molecule has 1 aromatic heterocycles. The van der Waals surface area contributed by atoms with Crippen LogP contribution in [0.15, 0.2) is 54.9 Å². The van der Waals surface area contributed by atoms with Gasteiger partial charge in [0.1, 0.15) is 5.75 Å². The van der Waals surface area contributed by atoms with Crippen LogP contribution in [0.4, 0.5) is 5.95 Å². The van der Waals surface area contributed by atoms with Crippen LogP contribution in [0.25, 0.3) is 0 Å². The number of hydrogen-bond acceptors (Lipinski definition) is 7. The van der Waals surface area contributed by atoms with Crippen molar-refractivity contribution in [3.63, 3.8) is 0 Å². The zero-order valence-corrected chi connectivity index (χ0v) is 20.8. The summed E-state index contributed by atoms with van der Waals surface area (Å²) in [5, 5.41) is 3.23. The molecule has 8 nitrogen and oxygen atoms in total. The molecule has 0 radical (unpaired) electrons. The van der Waals surface area contributed by atoms with Crippen molar-refractivity contribution in [2.45, 2.75) is 51.4 Å². The third-order valence-electron chi connectivity index (χ3n) is 6.74. The summed E-state index contributed by atoms with van der Waals surface area (Å²) >= 11 is 0. The van der Waals surface area contributed by atoms with Gasteiger partial charge < -0.3 is 24.4 Å². The van der Waals surface area contributed by atoms with E-state index in [0.717, 1.165) is 41.8 Å². The third kappa shape index (κ3) is 5.60. The Bertz CT molecular complexity index is 1200. The van der Waals surface area contributed by atoms with Gasteiger partial charge in [-0.05, 0) is 60.2 Å². The molecule has 0 saturated carbocycles. The summed E-state index contributed by atoms with van der Waals surface area (Å²) in [5.41, 5.74) is 3.12. The Balaban J connectivity index is 1.39. The van der Waals surface area contributed by atoms with Gasteiger partial charge in [-0.1, -0.05) is 25.1 Å². The predicted molar refractivity (Wildman–Crippen MR) is 137 cm³/mol. The molecule has 36 heavy (non-hydrogen) atoms. The second-order valence-electron chi connectivity index (χ2n) is 9.24. The standard InChI is InChI=1S/C28H32N4O4/c1-3-19-15-29-28(30-16-19)32-12-11-24-23(17-32)31-27(33)10-8-20-7-9-25(34-2)26(14-20)36-22-6-4-5-21(13-22)18-35-24/h4-7,9,13-16,23-24H,3,8,10-12,17-18H2,1-2H3,(H,31,33)/t23-,24+/m0/s1. The number of amides is 1. The Morgan fingerprint density at radius 2 is 1.97 bits per heavy atom. The number of ether oxygens (including phenoxy) is 3. The summed E-state index contributed by atoms with van der Waals surface area (Å²) in [5.74, 6) is 2.67. The molecule has 0 spiro atoms. The Kier molecular flexibility index (Phi) is 7.32. The highest BCUT2D eigenvalue weighted by atomic mass is 16.5. The van der Waals surface area contributed by atoms with Gasteiger partial charge in [-0.3, -0.25) is 4.79 Å². The number of benzene rings is 2. The molecule has 3 heterocycles.